The van der Waals surface area contributed by atoms with Gasteiger partial charge in [0.25, 0.3) is 0 Å². The number of likely N-dealkylation sites (tertiary alicyclic amines) is 1. The highest BCUT2D eigenvalue weighted by atomic mass is 19.4. The molecular formula is C12H23F3N2O. The zero-order valence-corrected chi connectivity index (χ0v) is 11.2. The van der Waals surface area contributed by atoms with Crippen LogP contribution in [0.2, 0.25) is 0 Å². The summed E-state index contributed by atoms with van der Waals surface area (Å²) >= 11 is 0. The summed E-state index contributed by atoms with van der Waals surface area (Å²) in [7, 11) is 1.55. The van der Waals surface area contributed by atoms with Crippen LogP contribution in [0.25, 0.3) is 0 Å². The molecule has 1 aliphatic heterocycles. The van der Waals surface area contributed by atoms with Crippen molar-refractivity contribution < 1.29 is 17.9 Å². The van der Waals surface area contributed by atoms with Gasteiger partial charge in [0.15, 0.2) is 0 Å². The van der Waals surface area contributed by atoms with Gasteiger partial charge in [0, 0.05) is 19.7 Å². The van der Waals surface area contributed by atoms with Crippen molar-refractivity contribution in [3.05, 3.63) is 0 Å². The third-order valence-electron chi connectivity index (χ3n) is 3.83. The maximum atomic E-state index is 13.1. The van der Waals surface area contributed by atoms with Crippen molar-refractivity contribution in [2.45, 2.75) is 51.1 Å². The number of ether oxygens (including phenoxy) is 1. The van der Waals surface area contributed by atoms with E-state index in [0.29, 0.717) is 25.9 Å². The molecule has 1 rings (SSSR count). The lowest BCUT2D eigenvalue weighted by molar-refractivity contribution is -0.198. The summed E-state index contributed by atoms with van der Waals surface area (Å²) in [5, 5.41) is 0. The summed E-state index contributed by atoms with van der Waals surface area (Å²) in [5.74, 6) is 0.290. The fourth-order valence-corrected chi connectivity index (χ4v) is 2.56. The van der Waals surface area contributed by atoms with Crippen molar-refractivity contribution in [2.24, 2.45) is 11.7 Å². The van der Waals surface area contributed by atoms with Crippen LogP contribution < -0.4 is 5.73 Å². The molecule has 3 nitrogen and oxygen atoms in total. The van der Waals surface area contributed by atoms with Gasteiger partial charge in [0.2, 0.25) is 0 Å². The largest absolute Gasteiger partial charge is 0.405 e. The number of nitrogens with two attached hydrogens (primary N) is 1. The number of hydrogen-bond acceptors (Lipinski definition) is 3. The predicted octanol–water partition coefficient (Wildman–Crippen LogP) is 2.01. The Morgan fingerprint density at radius 2 is 2.06 bits per heavy atom. The monoisotopic (exact) mass is 268 g/mol. The first-order chi connectivity index (χ1) is 8.31. The van der Waals surface area contributed by atoms with Crippen molar-refractivity contribution >= 4 is 0 Å². The third-order valence-corrected chi connectivity index (χ3v) is 3.83. The average Bonchev–Trinajstić information content (AvgIpc) is 2.29. The van der Waals surface area contributed by atoms with Crippen molar-refractivity contribution in [2.75, 3.05) is 20.2 Å². The normalized spacial score (nSPS) is 30.2. The highest BCUT2D eigenvalue weighted by Gasteiger charge is 2.48. The van der Waals surface area contributed by atoms with Gasteiger partial charge < -0.3 is 10.5 Å². The number of halogens is 3. The van der Waals surface area contributed by atoms with Crippen LogP contribution in [0.4, 0.5) is 13.2 Å². The van der Waals surface area contributed by atoms with E-state index in [0.717, 1.165) is 0 Å². The molecule has 0 bridgehead atoms. The Balaban J connectivity index is 2.80. The summed E-state index contributed by atoms with van der Waals surface area (Å²) in [5.41, 5.74) is 5.65. The molecule has 1 aliphatic rings. The van der Waals surface area contributed by atoms with Gasteiger partial charge in [-0.05, 0) is 25.3 Å². The standard InChI is InChI=1S/C12H23F3N2O/c1-4-9(16)11(12(13,14)15)17-6-5-8(2)10(7-17)18-3/h8-11H,4-7,16H2,1-3H3. The lowest BCUT2D eigenvalue weighted by atomic mass is 9.92. The number of nitrogens with zero attached hydrogens (tertiary/aromatic N) is 1. The lowest BCUT2D eigenvalue weighted by Gasteiger charge is -2.43. The Labute approximate surface area is 106 Å². The maximum Gasteiger partial charge on any atom is 0.405 e. The molecule has 4 unspecified atom stereocenters. The Morgan fingerprint density at radius 3 is 2.50 bits per heavy atom. The molecule has 1 saturated heterocycles. The Hall–Kier alpha value is -0.330. The molecule has 4 atom stereocenters. The summed E-state index contributed by atoms with van der Waals surface area (Å²) in [4.78, 5) is 1.43. The molecule has 0 aromatic carbocycles. The first kappa shape index (κ1) is 15.7. The Kier molecular flexibility index (Phi) is 5.43. The predicted molar refractivity (Wildman–Crippen MR) is 64.3 cm³/mol. The van der Waals surface area contributed by atoms with Crippen molar-refractivity contribution in [1.29, 1.82) is 0 Å². The quantitative estimate of drug-likeness (QED) is 0.847. The second kappa shape index (κ2) is 6.21. The molecule has 0 radical (unpaired) electrons. The van der Waals surface area contributed by atoms with E-state index in [2.05, 4.69) is 0 Å². The van der Waals surface area contributed by atoms with Crippen LogP contribution in [0.15, 0.2) is 0 Å². The molecule has 1 heterocycles. The molecule has 0 spiro atoms. The number of piperidine rings is 1. The molecular weight excluding hydrogens is 245 g/mol. The third kappa shape index (κ3) is 3.59. The minimum absolute atomic E-state index is 0.146. The Morgan fingerprint density at radius 1 is 1.44 bits per heavy atom. The molecule has 2 N–H and O–H groups in total. The van der Waals surface area contributed by atoms with Crippen LogP contribution in [0.1, 0.15) is 26.7 Å². The second-order valence-corrected chi connectivity index (χ2v) is 5.09. The van der Waals surface area contributed by atoms with E-state index >= 15 is 0 Å². The first-order valence-corrected chi connectivity index (χ1v) is 6.40. The molecule has 0 saturated carbocycles. The average molecular weight is 268 g/mol. The van der Waals surface area contributed by atoms with E-state index in [1.165, 1.54) is 4.90 Å². The van der Waals surface area contributed by atoms with Gasteiger partial charge in [0.05, 0.1) is 6.10 Å². The second-order valence-electron chi connectivity index (χ2n) is 5.09. The van der Waals surface area contributed by atoms with Gasteiger partial charge in [-0.1, -0.05) is 13.8 Å². The van der Waals surface area contributed by atoms with Crippen LogP contribution in [0.3, 0.4) is 0 Å². The van der Waals surface area contributed by atoms with Gasteiger partial charge in [0.1, 0.15) is 6.04 Å². The van der Waals surface area contributed by atoms with E-state index in [4.69, 9.17) is 10.5 Å². The van der Waals surface area contributed by atoms with Crippen LogP contribution in [-0.4, -0.2) is 49.5 Å². The number of rotatable bonds is 4. The van der Waals surface area contributed by atoms with E-state index in [1.54, 1.807) is 14.0 Å². The Bertz CT molecular complexity index is 260. The lowest BCUT2D eigenvalue weighted by Crippen LogP contribution is -2.60. The zero-order valence-electron chi connectivity index (χ0n) is 11.2. The fraction of sp³-hybridized carbons (Fsp3) is 1.00. The van der Waals surface area contributed by atoms with E-state index in [-0.39, 0.29) is 12.0 Å². The summed E-state index contributed by atoms with van der Waals surface area (Å²) in [6, 6.07) is -2.44. The first-order valence-electron chi connectivity index (χ1n) is 6.40. The van der Waals surface area contributed by atoms with E-state index in [1.807, 2.05) is 6.92 Å². The van der Waals surface area contributed by atoms with Gasteiger partial charge >= 0.3 is 6.18 Å². The van der Waals surface area contributed by atoms with Gasteiger partial charge in [-0.2, -0.15) is 13.2 Å². The summed E-state index contributed by atoms with van der Waals surface area (Å²) < 4.78 is 44.6. The molecule has 6 heteroatoms. The topological polar surface area (TPSA) is 38.5 Å². The number of hydrogen-bond donors (Lipinski definition) is 1. The van der Waals surface area contributed by atoms with E-state index in [9.17, 15) is 13.2 Å². The van der Waals surface area contributed by atoms with Crippen LogP contribution in [-0.2, 0) is 4.74 Å². The summed E-state index contributed by atoms with van der Waals surface area (Å²) in [6.07, 6.45) is -3.41. The number of alkyl halides is 3. The minimum atomic E-state index is -4.28. The highest BCUT2D eigenvalue weighted by molar-refractivity contribution is 4.91. The fourth-order valence-electron chi connectivity index (χ4n) is 2.56. The maximum absolute atomic E-state index is 13.1. The minimum Gasteiger partial charge on any atom is -0.380 e. The van der Waals surface area contributed by atoms with E-state index < -0.39 is 18.3 Å². The molecule has 0 aliphatic carbocycles. The van der Waals surface area contributed by atoms with Crippen LogP contribution >= 0.6 is 0 Å². The molecule has 18 heavy (non-hydrogen) atoms. The molecule has 0 aromatic rings. The van der Waals surface area contributed by atoms with Gasteiger partial charge in [-0.15, -0.1) is 0 Å². The van der Waals surface area contributed by atoms with Crippen LogP contribution in [0, 0.1) is 5.92 Å². The number of methoxy groups -OCH3 is 1. The van der Waals surface area contributed by atoms with Crippen molar-refractivity contribution in [3.8, 4) is 0 Å². The molecule has 0 amide bonds. The summed E-state index contributed by atoms with van der Waals surface area (Å²) in [6.45, 7) is 4.42. The molecule has 0 aromatic heterocycles. The van der Waals surface area contributed by atoms with Crippen LogP contribution in [0.5, 0.6) is 0 Å². The molecule has 108 valence electrons. The smallest absolute Gasteiger partial charge is 0.380 e. The van der Waals surface area contributed by atoms with Gasteiger partial charge in [-0.3, -0.25) is 4.90 Å². The van der Waals surface area contributed by atoms with Gasteiger partial charge in [-0.25, -0.2) is 0 Å². The van der Waals surface area contributed by atoms with Crippen molar-refractivity contribution in [3.63, 3.8) is 0 Å². The SMILES string of the molecule is CCC(N)C(N1CCC(C)C(OC)C1)C(F)(F)F. The zero-order chi connectivity index (χ0) is 13.9. The highest BCUT2D eigenvalue weighted by Crippen LogP contribution is 2.31. The molecule has 1 fully saturated rings. The van der Waals surface area contributed by atoms with Crippen molar-refractivity contribution in [1.82, 2.24) is 4.90 Å².